The minimum atomic E-state index is 0.201. The summed E-state index contributed by atoms with van der Waals surface area (Å²) in [7, 11) is 1.94. The first kappa shape index (κ1) is 14.6. The summed E-state index contributed by atoms with van der Waals surface area (Å²) in [5, 5.41) is 4.82. The molecule has 0 amide bonds. The highest BCUT2D eigenvalue weighted by Crippen LogP contribution is 2.48. The fraction of sp³-hybridized carbons (Fsp3) is 0.471. The summed E-state index contributed by atoms with van der Waals surface area (Å²) in [5.41, 5.74) is 10.0. The third-order valence-corrected chi connectivity index (χ3v) is 5.44. The number of rotatable bonds is 3. The number of anilines is 1. The van der Waals surface area contributed by atoms with Gasteiger partial charge in [0.2, 0.25) is 0 Å². The minimum absolute atomic E-state index is 0.201. The molecule has 2 N–H and O–H groups in total. The lowest BCUT2D eigenvalue weighted by molar-refractivity contribution is 0.408. The van der Waals surface area contributed by atoms with E-state index in [1.165, 1.54) is 31.4 Å². The average molecular weight is 348 g/mol. The van der Waals surface area contributed by atoms with Gasteiger partial charge in [-0.3, -0.25) is 4.68 Å². The molecule has 1 aliphatic carbocycles. The van der Waals surface area contributed by atoms with Gasteiger partial charge in [-0.25, -0.2) is 0 Å². The SMILES string of the molecule is CCC1(c2nn(C)c(N)c2-c2cccc(Br)c2)CCCC1. The van der Waals surface area contributed by atoms with Gasteiger partial charge in [-0.05, 0) is 37.0 Å². The van der Waals surface area contributed by atoms with Crippen molar-refractivity contribution in [3.8, 4) is 11.1 Å². The van der Waals surface area contributed by atoms with Crippen LogP contribution in [0.15, 0.2) is 28.7 Å². The first-order valence-corrected chi connectivity index (χ1v) is 8.45. The summed E-state index contributed by atoms with van der Waals surface area (Å²) in [6, 6.07) is 8.36. The largest absolute Gasteiger partial charge is 0.383 e. The molecule has 1 aliphatic rings. The molecule has 3 nitrogen and oxygen atoms in total. The molecule has 0 unspecified atom stereocenters. The zero-order valence-electron chi connectivity index (χ0n) is 12.7. The summed E-state index contributed by atoms with van der Waals surface area (Å²) < 4.78 is 2.91. The fourth-order valence-electron chi connectivity index (χ4n) is 3.65. The normalized spacial score (nSPS) is 17.3. The number of hydrogen-bond acceptors (Lipinski definition) is 2. The molecule has 2 aromatic rings. The van der Waals surface area contributed by atoms with E-state index >= 15 is 0 Å². The molecule has 1 saturated carbocycles. The van der Waals surface area contributed by atoms with Crippen molar-refractivity contribution in [1.29, 1.82) is 0 Å². The predicted molar refractivity (Wildman–Crippen MR) is 91.2 cm³/mol. The molecule has 0 radical (unpaired) electrons. The van der Waals surface area contributed by atoms with Crippen molar-refractivity contribution in [3.63, 3.8) is 0 Å². The summed E-state index contributed by atoms with van der Waals surface area (Å²) >= 11 is 3.56. The monoisotopic (exact) mass is 347 g/mol. The molecule has 1 fully saturated rings. The van der Waals surface area contributed by atoms with Crippen LogP contribution in [0, 0.1) is 0 Å². The Hall–Kier alpha value is -1.29. The number of aromatic nitrogens is 2. The second-order valence-corrected chi connectivity index (χ2v) is 7.00. The van der Waals surface area contributed by atoms with Crippen LogP contribution in [0.3, 0.4) is 0 Å². The van der Waals surface area contributed by atoms with E-state index in [0.717, 1.165) is 27.8 Å². The number of nitrogen functional groups attached to an aromatic ring is 1. The first-order valence-electron chi connectivity index (χ1n) is 7.66. The molecular weight excluding hydrogens is 326 g/mol. The Labute approximate surface area is 134 Å². The third-order valence-electron chi connectivity index (χ3n) is 4.94. The molecule has 0 aliphatic heterocycles. The number of nitrogens with two attached hydrogens (primary N) is 1. The van der Waals surface area contributed by atoms with Crippen LogP contribution in [0.1, 0.15) is 44.7 Å². The molecule has 0 bridgehead atoms. The molecular formula is C17H22BrN3. The van der Waals surface area contributed by atoms with Crippen LogP contribution < -0.4 is 5.73 Å². The van der Waals surface area contributed by atoms with E-state index in [1.54, 1.807) is 0 Å². The Morgan fingerprint density at radius 1 is 1.33 bits per heavy atom. The van der Waals surface area contributed by atoms with Crippen molar-refractivity contribution < 1.29 is 0 Å². The van der Waals surface area contributed by atoms with Crippen molar-refractivity contribution in [2.24, 2.45) is 7.05 Å². The zero-order valence-corrected chi connectivity index (χ0v) is 14.3. The van der Waals surface area contributed by atoms with Crippen LogP contribution in [-0.4, -0.2) is 9.78 Å². The van der Waals surface area contributed by atoms with Crippen LogP contribution in [0.4, 0.5) is 5.82 Å². The summed E-state index contributed by atoms with van der Waals surface area (Å²) in [6.07, 6.45) is 6.16. The standard InChI is InChI=1S/C17H22BrN3/c1-3-17(9-4-5-10-17)15-14(16(19)21(2)20-15)12-7-6-8-13(18)11-12/h6-8,11H,3-5,9-10,19H2,1-2H3. The lowest BCUT2D eigenvalue weighted by Crippen LogP contribution is -2.22. The average Bonchev–Trinajstić information content (AvgIpc) is 3.06. The zero-order chi connectivity index (χ0) is 15.0. The summed E-state index contributed by atoms with van der Waals surface area (Å²) in [6.45, 7) is 2.28. The second-order valence-electron chi connectivity index (χ2n) is 6.08. The summed E-state index contributed by atoms with van der Waals surface area (Å²) in [5.74, 6) is 0.767. The van der Waals surface area contributed by atoms with E-state index in [0.29, 0.717) is 0 Å². The number of halogens is 1. The second kappa shape index (κ2) is 5.48. The molecule has 1 aromatic carbocycles. The van der Waals surface area contributed by atoms with Crippen LogP contribution >= 0.6 is 15.9 Å². The number of benzene rings is 1. The van der Waals surface area contributed by atoms with Gasteiger partial charge in [-0.15, -0.1) is 0 Å². The smallest absolute Gasteiger partial charge is 0.129 e. The van der Waals surface area contributed by atoms with Crippen molar-refractivity contribution in [2.45, 2.75) is 44.4 Å². The molecule has 1 aromatic heterocycles. The van der Waals surface area contributed by atoms with E-state index in [9.17, 15) is 0 Å². The van der Waals surface area contributed by atoms with Gasteiger partial charge in [-0.1, -0.05) is 47.8 Å². The first-order chi connectivity index (χ1) is 10.1. The molecule has 1 heterocycles. The summed E-state index contributed by atoms with van der Waals surface area (Å²) in [4.78, 5) is 0. The topological polar surface area (TPSA) is 43.8 Å². The van der Waals surface area contributed by atoms with Crippen LogP contribution in [0.2, 0.25) is 0 Å². The van der Waals surface area contributed by atoms with Crippen molar-refractivity contribution in [1.82, 2.24) is 9.78 Å². The maximum Gasteiger partial charge on any atom is 0.129 e. The number of nitrogens with zero attached hydrogens (tertiary/aromatic N) is 2. The van der Waals surface area contributed by atoms with E-state index in [-0.39, 0.29) is 5.41 Å². The van der Waals surface area contributed by atoms with Gasteiger partial charge < -0.3 is 5.73 Å². The van der Waals surface area contributed by atoms with Gasteiger partial charge in [0, 0.05) is 22.5 Å². The van der Waals surface area contributed by atoms with Gasteiger partial charge in [-0.2, -0.15) is 5.10 Å². The van der Waals surface area contributed by atoms with Crippen molar-refractivity contribution in [3.05, 3.63) is 34.4 Å². The van der Waals surface area contributed by atoms with Gasteiger partial charge in [0.05, 0.1) is 5.69 Å². The van der Waals surface area contributed by atoms with Crippen molar-refractivity contribution >= 4 is 21.7 Å². The van der Waals surface area contributed by atoms with Crippen LogP contribution in [-0.2, 0) is 12.5 Å². The Balaban J connectivity index is 2.20. The van der Waals surface area contributed by atoms with E-state index in [1.807, 2.05) is 17.8 Å². The lowest BCUT2D eigenvalue weighted by Gasteiger charge is -2.26. The Morgan fingerprint density at radius 3 is 2.67 bits per heavy atom. The quantitative estimate of drug-likeness (QED) is 0.877. The minimum Gasteiger partial charge on any atom is -0.383 e. The third kappa shape index (κ3) is 2.39. The van der Waals surface area contributed by atoms with Crippen LogP contribution in [0.5, 0.6) is 0 Å². The number of aryl methyl sites for hydroxylation is 1. The Bertz CT molecular complexity index is 654. The highest BCUT2D eigenvalue weighted by Gasteiger charge is 2.39. The molecule has 0 saturated heterocycles. The van der Waals surface area contributed by atoms with E-state index in [2.05, 4.69) is 41.1 Å². The Kier molecular flexibility index (Phi) is 3.82. The number of hydrogen-bond donors (Lipinski definition) is 1. The van der Waals surface area contributed by atoms with Crippen LogP contribution in [0.25, 0.3) is 11.1 Å². The molecule has 0 atom stereocenters. The van der Waals surface area contributed by atoms with Crippen molar-refractivity contribution in [2.75, 3.05) is 5.73 Å². The lowest BCUT2D eigenvalue weighted by atomic mass is 9.77. The molecule has 0 spiro atoms. The highest BCUT2D eigenvalue weighted by molar-refractivity contribution is 9.10. The fourth-order valence-corrected chi connectivity index (χ4v) is 4.05. The molecule has 3 rings (SSSR count). The molecule has 4 heteroatoms. The molecule has 112 valence electrons. The van der Waals surface area contributed by atoms with E-state index in [4.69, 9.17) is 10.8 Å². The van der Waals surface area contributed by atoms with Gasteiger partial charge >= 0.3 is 0 Å². The van der Waals surface area contributed by atoms with Gasteiger partial charge in [0.15, 0.2) is 0 Å². The van der Waals surface area contributed by atoms with Gasteiger partial charge in [0.1, 0.15) is 5.82 Å². The maximum atomic E-state index is 6.35. The maximum absolute atomic E-state index is 6.35. The Morgan fingerprint density at radius 2 is 2.05 bits per heavy atom. The predicted octanol–water partition coefficient (Wildman–Crippen LogP) is 4.65. The van der Waals surface area contributed by atoms with Gasteiger partial charge in [0.25, 0.3) is 0 Å². The molecule has 21 heavy (non-hydrogen) atoms. The van der Waals surface area contributed by atoms with E-state index < -0.39 is 0 Å². The highest BCUT2D eigenvalue weighted by atomic mass is 79.9.